The van der Waals surface area contributed by atoms with Gasteiger partial charge in [0.25, 0.3) is 0 Å². The molecule has 0 amide bonds. The van der Waals surface area contributed by atoms with Crippen LogP contribution in [0.5, 0.6) is 0 Å². The summed E-state index contributed by atoms with van der Waals surface area (Å²) in [7, 11) is 0. The van der Waals surface area contributed by atoms with Gasteiger partial charge in [-0.05, 0) is 129 Å². The summed E-state index contributed by atoms with van der Waals surface area (Å²) in [4.78, 5) is 8.33. The number of thioether (sulfide) groups is 1. The molecule has 0 rings (SSSR count). The molecule has 0 saturated heterocycles. The lowest BCUT2D eigenvalue weighted by Gasteiger charge is -2.09. The molecular formula is C45H101N5O4S. The van der Waals surface area contributed by atoms with Crippen LogP contribution in [0.4, 0.5) is 0 Å². The highest BCUT2D eigenvalue weighted by atomic mass is 32.2. The molecule has 10 heteroatoms. The fourth-order valence-corrected chi connectivity index (χ4v) is 3.33. The van der Waals surface area contributed by atoms with E-state index < -0.39 is 0 Å². The molecule has 0 aliphatic carbocycles. The molecule has 0 aliphatic heterocycles. The summed E-state index contributed by atoms with van der Waals surface area (Å²) in [6, 6.07) is 1.78. The maximum Gasteiger partial charge on any atom is 0.147 e. The largest absolute Gasteiger partial charge is 0.376 e. The van der Waals surface area contributed by atoms with Crippen LogP contribution < -0.4 is 10.7 Å². The molecule has 0 fully saturated rings. The zero-order valence-electron chi connectivity index (χ0n) is 41.3. The van der Waals surface area contributed by atoms with Gasteiger partial charge in [0, 0.05) is 35.6 Å². The molecule has 0 spiro atoms. The van der Waals surface area contributed by atoms with Gasteiger partial charge in [-0.2, -0.15) is 5.10 Å². The molecule has 0 unspecified atom stereocenters. The second kappa shape index (κ2) is 48.9. The molecule has 0 aliphatic rings. The molecule has 0 aromatic heterocycles. The van der Waals surface area contributed by atoms with Gasteiger partial charge in [0.15, 0.2) is 0 Å². The van der Waals surface area contributed by atoms with E-state index >= 15 is 0 Å². The van der Waals surface area contributed by atoms with Gasteiger partial charge in [0.2, 0.25) is 0 Å². The van der Waals surface area contributed by atoms with E-state index in [1.54, 1.807) is 18.1 Å². The normalized spacial score (nSPS) is 11.6. The van der Waals surface area contributed by atoms with Crippen LogP contribution in [-0.4, -0.2) is 91.9 Å². The van der Waals surface area contributed by atoms with E-state index in [0.29, 0.717) is 67.5 Å². The SMILES string of the molecule is CC(C)/C=N\NC(C)C.CC(C)CCCC(C)C.CC(C)N=CNC(C)C.CC(C)N=CSC(C)C.CC(C)OCCOC(C)C.CC(C)OCOC(C)C. The fourth-order valence-electron chi connectivity index (χ4n) is 2.77. The molecular weight excluding hydrogens is 707 g/mol. The summed E-state index contributed by atoms with van der Waals surface area (Å²) in [6.45, 7) is 52.2. The molecule has 2 N–H and O–H groups in total. The van der Waals surface area contributed by atoms with Crippen LogP contribution in [0.1, 0.15) is 185 Å². The highest BCUT2D eigenvalue weighted by molar-refractivity contribution is 8.12. The van der Waals surface area contributed by atoms with Crippen LogP contribution in [0, 0.1) is 17.8 Å². The van der Waals surface area contributed by atoms with Gasteiger partial charge in [-0.15, -0.1) is 11.8 Å². The summed E-state index contributed by atoms with van der Waals surface area (Å²) in [5.74, 6) is 2.32. The average molecular weight is 808 g/mol. The molecule has 0 atom stereocenters. The number of hydrogen-bond acceptors (Lipinski definition) is 9. The molecule has 0 aromatic carbocycles. The molecule has 55 heavy (non-hydrogen) atoms. The molecule has 0 heterocycles. The Kier molecular flexibility index (Phi) is 58.4. The molecule has 0 saturated carbocycles. The predicted molar refractivity (Wildman–Crippen MR) is 253 cm³/mol. The van der Waals surface area contributed by atoms with E-state index in [0.717, 1.165) is 11.8 Å². The van der Waals surface area contributed by atoms with Crippen LogP contribution in [0.15, 0.2) is 15.1 Å². The van der Waals surface area contributed by atoms with Crippen molar-refractivity contribution in [3.8, 4) is 0 Å². The number of nitrogens with one attached hydrogen (secondary N) is 2. The van der Waals surface area contributed by atoms with Gasteiger partial charge in [0.1, 0.15) is 6.79 Å². The second-order valence-corrected chi connectivity index (χ2v) is 18.6. The van der Waals surface area contributed by atoms with Crippen molar-refractivity contribution in [2.24, 2.45) is 32.8 Å². The van der Waals surface area contributed by atoms with E-state index in [-0.39, 0.29) is 12.2 Å². The van der Waals surface area contributed by atoms with Crippen molar-refractivity contribution in [1.29, 1.82) is 0 Å². The fraction of sp³-hybridized carbons (Fsp3) is 0.933. The van der Waals surface area contributed by atoms with Crippen molar-refractivity contribution < 1.29 is 18.9 Å². The Labute approximate surface area is 350 Å². The second-order valence-electron chi connectivity index (χ2n) is 17.1. The molecule has 0 aromatic rings. The first-order valence-electron chi connectivity index (χ1n) is 21.5. The van der Waals surface area contributed by atoms with Crippen LogP contribution >= 0.6 is 11.8 Å². The van der Waals surface area contributed by atoms with E-state index in [1.807, 2.05) is 67.2 Å². The highest BCUT2D eigenvalue weighted by Crippen LogP contribution is 2.11. The zero-order chi connectivity index (χ0) is 44.4. The lowest BCUT2D eigenvalue weighted by atomic mass is 10.0. The Morgan fingerprint density at radius 3 is 1.18 bits per heavy atom. The van der Waals surface area contributed by atoms with Crippen molar-refractivity contribution in [2.45, 2.75) is 239 Å². The monoisotopic (exact) mass is 808 g/mol. The van der Waals surface area contributed by atoms with E-state index in [9.17, 15) is 0 Å². The van der Waals surface area contributed by atoms with Crippen LogP contribution in [0.25, 0.3) is 0 Å². The third-order valence-corrected chi connectivity index (χ3v) is 6.32. The quantitative estimate of drug-likeness (QED) is 0.0369. The van der Waals surface area contributed by atoms with E-state index in [2.05, 4.69) is 137 Å². The topological polar surface area (TPSA) is 98.1 Å². The number of ether oxygens (including phenoxy) is 4. The lowest BCUT2D eigenvalue weighted by Crippen LogP contribution is -2.20. The first-order chi connectivity index (χ1) is 25.3. The maximum absolute atomic E-state index is 5.27. The minimum absolute atomic E-state index is 0.267. The highest BCUT2D eigenvalue weighted by Gasteiger charge is 1.97. The van der Waals surface area contributed by atoms with Gasteiger partial charge < -0.3 is 29.7 Å². The number of rotatable bonds is 22. The summed E-state index contributed by atoms with van der Waals surface area (Å²) in [5.41, 5.74) is 4.89. The molecule has 0 bridgehead atoms. The Balaban J connectivity index is -0.000000131. The summed E-state index contributed by atoms with van der Waals surface area (Å²) in [5, 5.41) is 7.74. The standard InChI is InChI=1S/C9H20.C8H18O2.2C7H16N2.C7H15NS.C7H16O2/c1-8(2)6-5-7-9(3)4;1-7(2)9-5-6-10-8(3)4;1-6(2)8-5-9-7(3)4;1-6(2)5-8-9-7(3)4;2*1-6(2)8-5-9-7(3)4/h8-9H,5-7H2,1-4H3;7-8H,5-6H2,1-4H3;5-7H,1-4H3,(H,8,9);5-7,9H,1-4H3;5-7H,1-4H3;6-7H,5H2,1-4H3/b;;;8-5-;;. The van der Waals surface area contributed by atoms with Crippen molar-refractivity contribution in [3.05, 3.63) is 0 Å². The van der Waals surface area contributed by atoms with Gasteiger partial charge in [-0.3, -0.25) is 9.98 Å². The first kappa shape index (κ1) is 65.6. The summed E-state index contributed by atoms with van der Waals surface area (Å²) in [6.07, 6.45) is 9.06. The summed E-state index contributed by atoms with van der Waals surface area (Å²) < 4.78 is 20.8. The number of hydrogen-bond donors (Lipinski definition) is 2. The van der Waals surface area contributed by atoms with Crippen molar-refractivity contribution >= 4 is 29.9 Å². The van der Waals surface area contributed by atoms with Crippen molar-refractivity contribution in [2.75, 3.05) is 20.0 Å². The summed E-state index contributed by atoms with van der Waals surface area (Å²) >= 11 is 1.77. The van der Waals surface area contributed by atoms with Gasteiger partial charge in [0.05, 0.1) is 49.5 Å². The van der Waals surface area contributed by atoms with Crippen LogP contribution in [-0.2, 0) is 18.9 Å². The third-order valence-electron chi connectivity index (χ3n) is 5.53. The van der Waals surface area contributed by atoms with Crippen molar-refractivity contribution in [1.82, 2.24) is 10.7 Å². The molecule has 9 nitrogen and oxygen atoms in total. The van der Waals surface area contributed by atoms with E-state index in [1.165, 1.54) is 19.3 Å². The van der Waals surface area contributed by atoms with Gasteiger partial charge >= 0.3 is 0 Å². The van der Waals surface area contributed by atoms with Gasteiger partial charge in [-0.1, -0.05) is 74.7 Å². The molecule has 0 radical (unpaired) electrons. The third kappa shape index (κ3) is 106. The Hall–Kier alpha value is -1.20. The number of hydrazone groups is 1. The van der Waals surface area contributed by atoms with Gasteiger partial charge in [-0.25, -0.2) is 0 Å². The lowest BCUT2D eigenvalue weighted by molar-refractivity contribution is -0.0994. The minimum atomic E-state index is 0.267. The Morgan fingerprint density at radius 2 is 0.909 bits per heavy atom. The van der Waals surface area contributed by atoms with Crippen molar-refractivity contribution in [3.63, 3.8) is 0 Å². The smallest absolute Gasteiger partial charge is 0.147 e. The maximum atomic E-state index is 5.27. The predicted octanol–water partition coefficient (Wildman–Crippen LogP) is 12.7. The zero-order valence-corrected chi connectivity index (χ0v) is 42.1. The average Bonchev–Trinajstić information content (AvgIpc) is 2.99. The number of nitrogens with zero attached hydrogens (tertiary/aromatic N) is 3. The molecule has 336 valence electrons. The van der Waals surface area contributed by atoms with Crippen LogP contribution in [0.2, 0.25) is 0 Å². The van der Waals surface area contributed by atoms with Crippen LogP contribution in [0.3, 0.4) is 0 Å². The number of aliphatic imine (C=N–C) groups is 2. The Bertz CT molecular complexity index is 682. The minimum Gasteiger partial charge on any atom is -0.376 e. The Morgan fingerprint density at radius 1 is 0.509 bits per heavy atom. The first-order valence-corrected chi connectivity index (χ1v) is 22.4. The van der Waals surface area contributed by atoms with E-state index in [4.69, 9.17) is 18.9 Å².